The van der Waals surface area contributed by atoms with E-state index in [0.29, 0.717) is 18.2 Å². The first-order valence-electron chi connectivity index (χ1n) is 20.2. The molecule has 0 bridgehead atoms. The Bertz CT molecular complexity index is 3350. The van der Waals surface area contributed by atoms with Crippen molar-refractivity contribution < 1.29 is 4.42 Å². The predicted octanol–water partition coefficient (Wildman–Crippen LogP) is 13.2. The van der Waals surface area contributed by atoms with Crippen LogP contribution in [0.4, 0.5) is 0 Å². The molecule has 0 radical (unpaired) electrons. The quantitative estimate of drug-likeness (QED) is 0.135. The Morgan fingerprint density at radius 1 is 0.475 bits per heavy atom. The Hall–Kier alpha value is -7.70. The van der Waals surface area contributed by atoms with Crippen molar-refractivity contribution >= 4 is 77.2 Å². The summed E-state index contributed by atoms with van der Waals surface area (Å²) < 4.78 is 11.5. The summed E-state index contributed by atoms with van der Waals surface area (Å²) in [5.74, 6) is 0.999. The highest BCUT2D eigenvalue weighted by Gasteiger charge is 2.24. The highest BCUT2D eigenvalue weighted by atomic mass is 16.3. The highest BCUT2D eigenvalue weighted by Crippen LogP contribution is 2.44. The second-order valence-electron chi connectivity index (χ2n) is 14.4. The maximum atomic E-state index is 6.78. The number of aliphatic imine (C=N–C) groups is 2. The number of benzene rings is 8. The summed E-state index contributed by atoms with van der Waals surface area (Å²) in [4.78, 5) is 9.80. The summed E-state index contributed by atoms with van der Waals surface area (Å²) in [6.45, 7) is 4.50. The lowest BCUT2D eigenvalue weighted by Gasteiger charge is -2.13. The molecule has 284 valence electrons. The van der Waals surface area contributed by atoms with Crippen LogP contribution in [0.25, 0.3) is 76.9 Å². The fraction of sp³-hybridized carbons (Fsp3) is 0.0566. The summed E-state index contributed by atoms with van der Waals surface area (Å²) in [7, 11) is 0. The molecule has 0 saturated heterocycles. The summed E-state index contributed by atoms with van der Waals surface area (Å²) in [5, 5.41) is 6.86. The van der Waals surface area contributed by atoms with Crippen molar-refractivity contribution in [1.82, 2.24) is 9.13 Å². The number of aromatic nitrogens is 2. The van der Waals surface area contributed by atoms with E-state index in [0.717, 1.165) is 82.8 Å². The lowest BCUT2D eigenvalue weighted by molar-refractivity contribution is 0.671. The van der Waals surface area contributed by atoms with Gasteiger partial charge in [-0.2, -0.15) is 0 Å². The fourth-order valence-corrected chi connectivity index (χ4v) is 8.40. The largest absolute Gasteiger partial charge is 0.454 e. The average Bonchev–Trinajstić information content (AvgIpc) is 3.97. The third kappa shape index (κ3) is 6.05. The van der Waals surface area contributed by atoms with Gasteiger partial charge in [-0.3, -0.25) is 4.99 Å². The molecule has 6 heteroatoms. The zero-order chi connectivity index (χ0) is 39.9. The van der Waals surface area contributed by atoms with Crippen LogP contribution in [0.1, 0.15) is 30.5 Å². The van der Waals surface area contributed by atoms with Crippen molar-refractivity contribution in [2.75, 3.05) is 0 Å². The van der Waals surface area contributed by atoms with Gasteiger partial charge in [0.15, 0.2) is 11.4 Å². The zero-order valence-electron chi connectivity index (χ0n) is 32.9. The Labute approximate surface area is 341 Å². The summed E-state index contributed by atoms with van der Waals surface area (Å²) >= 11 is 0. The molecule has 0 aliphatic rings. The lowest BCUT2D eigenvalue weighted by atomic mass is 10.1. The molecule has 6 nitrogen and oxygen atoms in total. The van der Waals surface area contributed by atoms with Crippen LogP contribution in [0, 0.1) is 0 Å². The van der Waals surface area contributed by atoms with Crippen LogP contribution >= 0.6 is 0 Å². The lowest BCUT2D eigenvalue weighted by Crippen LogP contribution is -2.16. The van der Waals surface area contributed by atoms with Crippen molar-refractivity contribution in [2.45, 2.75) is 20.4 Å². The number of furan rings is 1. The van der Waals surface area contributed by atoms with Gasteiger partial charge in [0.2, 0.25) is 0 Å². The number of amidine groups is 2. The van der Waals surface area contributed by atoms with Gasteiger partial charge in [-0.1, -0.05) is 147 Å². The van der Waals surface area contributed by atoms with Crippen LogP contribution in [0.3, 0.4) is 0 Å². The van der Waals surface area contributed by atoms with Gasteiger partial charge in [-0.25, -0.2) is 4.99 Å². The number of hydrogen-bond donors (Lipinski definition) is 1. The van der Waals surface area contributed by atoms with Gasteiger partial charge >= 0.3 is 0 Å². The van der Waals surface area contributed by atoms with Gasteiger partial charge < -0.3 is 19.3 Å². The van der Waals surface area contributed by atoms with E-state index in [1.165, 1.54) is 10.8 Å². The van der Waals surface area contributed by atoms with Gasteiger partial charge in [0.25, 0.3) is 0 Å². The Kier molecular flexibility index (Phi) is 9.07. The molecule has 8 aromatic carbocycles. The van der Waals surface area contributed by atoms with Crippen LogP contribution in [0.2, 0.25) is 0 Å². The van der Waals surface area contributed by atoms with Crippen molar-refractivity contribution in [3.63, 3.8) is 0 Å². The third-order valence-corrected chi connectivity index (χ3v) is 11.0. The minimum atomic E-state index is 0.404. The van der Waals surface area contributed by atoms with E-state index in [-0.39, 0.29) is 0 Å². The highest BCUT2D eigenvalue weighted by molar-refractivity contribution is 6.28. The molecular weight excluding hydrogens is 723 g/mol. The molecule has 2 N–H and O–H groups in total. The smallest absolute Gasteiger partial charge is 0.160 e. The molecule has 0 aliphatic carbocycles. The fourth-order valence-electron chi connectivity index (χ4n) is 8.40. The zero-order valence-corrected chi connectivity index (χ0v) is 32.9. The normalized spacial score (nSPS) is 12.2. The molecule has 3 heterocycles. The van der Waals surface area contributed by atoms with E-state index in [9.17, 15) is 0 Å². The standard InChI is InChI=1S/C51H35N5O.C2H6/c52-50(54-51(35-16-6-2-7-17-35)53-32-33-14-4-1-5-15-33)34-24-26-37(27-25-34)55-44-22-12-10-20-38(44)40-28-29-41-42-30-31-43-39-21-11-13-23-45(39)57-49(43)48(42)56(47(41)46(40)55)36-18-8-3-9-19-36;1-2/h1-31H,32H2,(H2,52,53,54);1-2H3. The van der Waals surface area contributed by atoms with Crippen molar-refractivity contribution in [3.05, 3.63) is 205 Å². The molecular formula is C53H41N5O. The molecule has 0 atom stereocenters. The maximum absolute atomic E-state index is 6.78. The number of hydrogen-bond acceptors (Lipinski definition) is 2. The van der Waals surface area contributed by atoms with Gasteiger partial charge in [-0.15, -0.1) is 0 Å². The molecule has 0 aliphatic heterocycles. The monoisotopic (exact) mass is 763 g/mol. The van der Waals surface area contributed by atoms with E-state index in [2.05, 4.69) is 137 Å². The first-order chi connectivity index (χ1) is 29.2. The molecule has 0 saturated carbocycles. The minimum Gasteiger partial charge on any atom is -0.454 e. The second kappa shape index (κ2) is 15.0. The van der Waals surface area contributed by atoms with E-state index < -0.39 is 0 Å². The Morgan fingerprint density at radius 3 is 1.75 bits per heavy atom. The summed E-state index contributed by atoms with van der Waals surface area (Å²) in [5.41, 5.74) is 17.9. The molecule has 0 fully saturated rings. The van der Waals surface area contributed by atoms with E-state index in [1.54, 1.807) is 0 Å². The van der Waals surface area contributed by atoms with E-state index in [4.69, 9.17) is 20.1 Å². The average molecular weight is 764 g/mol. The molecule has 11 aromatic rings. The van der Waals surface area contributed by atoms with Crippen LogP contribution in [0.15, 0.2) is 202 Å². The van der Waals surface area contributed by atoms with Crippen LogP contribution in [-0.2, 0) is 6.54 Å². The number of rotatable bonds is 6. The Morgan fingerprint density at radius 2 is 1.02 bits per heavy atom. The van der Waals surface area contributed by atoms with E-state index >= 15 is 0 Å². The second-order valence-corrected chi connectivity index (χ2v) is 14.4. The minimum absolute atomic E-state index is 0.404. The number of para-hydroxylation sites is 3. The molecule has 0 unspecified atom stereocenters. The van der Waals surface area contributed by atoms with Gasteiger partial charge in [0, 0.05) is 54.8 Å². The van der Waals surface area contributed by atoms with Gasteiger partial charge in [0.1, 0.15) is 11.4 Å². The number of nitrogens with two attached hydrogens (primary N) is 1. The van der Waals surface area contributed by atoms with Crippen LogP contribution in [0.5, 0.6) is 0 Å². The van der Waals surface area contributed by atoms with Gasteiger partial charge in [-0.05, 0) is 60.2 Å². The van der Waals surface area contributed by atoms with Crippen molar-refractivity contribution in [1.29, 1.82) is 0 Å². The first-order valence-corrected chi connectivity index (χ1v) is 20.2. The molecule has 59 heavy (non-hydrogen) atoms. The van der Waals surface area contributed by atoms with Crippen LogP contribution < -0.4 is 5.73 Å². The molecule has 0 spiro atoms. The SMILES string of the molecule is CC.NC(=NC(=NCc1ccccc1)c1ccccc1)c1ccc(-n2c3ccccc3c3ccc4c5ccc6c7ccccc7oc6c5n(-c5ccccc5)c4c32)cc1. The number of fused-ring (bicyclic) bond motifs is 11. The molecule has 0 amide bonds. The summed E-state index contributed by atoms with van der Waals surface area (Å²) in [6, 6.07) is 65.1. The number of nitrogens with zero attached hydrogens (tertiary/aromatic N) is 4. The van der Waals surface area contributed by atoms with Gasteiger partial charge in [0.05, 0.1) is 28.6 Å². The van der Waals surface area contributed by atoms with Crippen molar-refractivity contribution in [3.8, 4) is 11.4 Å². The van der Waals surface area contributed by atoms with E-state index in [1.807, 2.05) is 74.5 Å². The summed E-state index contributed by atoms with van der Waals surface area (Å²) in [6.07, 6.45) is 0. The van der Waals surface area contributed by atoms with Crippen molar-refractivity contribution in [2.24, 2.45) is 15.7 Å². The molecule has 11 rings (SSSR count). The first kappa shape index (κ1) is 35.7. The topological polar surface area (TPSA) is 73.7 Å². The third-order valence-electron chi connectivity index (χ3n) is 11.0. The maximum Gasteiger partial charge on any atom is 0.160 e. The van der Waals surface area contributed by atoms with Crippen LogP contribution in [-0.4, -0.2) is 20.8 Å². The predicted molar refractivity (Wildman–Crippen MR) is 248 cm³/mol. The Balaban J connectivity index is 0.00000207. The molecule has 3 aromatic heterocycles.